The lowest BCUT2D eigenvalue weighted by Gasteiger charge is -2.34. The average molecular weight is 432 g/mol. The van der Waals surface area contributed by atoms with E-state index in [0.717, 1.165) is 24.1 Å². The highest BCUT2D eigenvalue weighted by atomic mass is 16.5. The molecule has 1 saturated heterocycles. The zero-order valence-corrected chi connectivity index (χ0v) is 17.8. The lowest BCUT2D eigenvalue weighted by atomic mass is 10.1. The predicted octanol–water partition coefficient (Wildman–Crippen LogP) is 2.16. The number of nitrogens with zero attached hydrogens (tertiary/aromatic N) is 5. The van der Waals surface area contributed by atoms with Gasteiger partial charge in [0.15, 0.2) is 0 Å². The quantitative estimate of drug-likeness (QED) is 0.659. The second kappa shape index (κ2) is 8.51. The molecule has 9 nitrogen and oxygen atoms in total. The highest BCUT2D eigenvalue weighted by Gasteiger charge is 2.30. The number of ether oxygens (including phenoxy) is 1. The zero-order valence-electron chi connectivity index (χ0n) is 17.8. The van der Waals surface area contributed by atoms with Crippen LogP contribution in [0.3, 0.4) is 0 Å². The molecule has 9 heteroatoms. The Morgan fingerprint density at radius 1 is 1.16 bits per heavy atom. The summed E-state index contributed by atoms with van der Waals surface area (Å²) in [4.78, 5) is 39.5. The van der Waals surface area contributed by atoms with Gasteiger partial charge in [-0.25, -0.2) is 15.0 Å². The van der Waals surface area contributed by atoms with Crippen molar-refractivity contribution in [3.63, 3.8) is 0 Å². The molecule has 1 amide bonds. The summed E-state index contributed by atoms with van der Waals surface area (Å²) in [6, 6.07) is 11.0. The lowest BCUT2D eigenvalue weighted by molar-refractivity contribution is -0.117. The number of rotatable bonds is 5. The van der Waals surface area contributed by atoms with Crippen LogP contribution in [0.15, 0.2) is 53.7 Å². The van der Waals surface area contributed by atoms with E-state index < -0.39 is 0 Å². The van der Waals surface area contributed by atoms with E-state index in [2.05, 4.69) is 20.2 Å². The minimum absolute atomic E-state index is 0.0911. The van der Waals surface area contributed by atoms with Crippen molar-refractivity contribution in [1.82, 2.24) is 19.5 Å². The number of nitrogens with one attached hydrogen (secondary N) is 1. The SMILES string of the molecule is Cn1c(N2CCOC(c3ccc(NC(=O)C4CC4)cc3)C2)nc(-c2ccncn2)cc1=O. The van der Waals surface area contributed by atoms with E-state index in [-0.39, 0.29) is 23.5 Å². The smallest absolute Gasteiger partial charge is 0.255 e. The molecule has 1 atom stereocenters. The van der Waals surface area contributed by atoms with Crippen molar-refractivity contribution in [2.45, 2.75) is 18.9 Å². The second-order valence-electron chi connectivity index (χ2n) is 8.12. The molecular formula is C23H24N6O3. The maximum atomic E-state index is 12.6. The Kier molecular flexibility index (Phi) is 5.40. The Balaban J connectivity index is 1.35. The molecule has 0 bridgehead atoms. The first-order valence-electron chi connectivity index (χ1n) is 10.7. The van der Waals surface area contributed by atoms with Crippen LogP contribution in [-0.4, -0.2) is 45.1 Å². The topological polar surface area (TPSA) is 102 Å². The fourth-order valence-corrected chi connectivity index (χ4v) is 3.79. The normalized spacial score (nSPS) is 18.4. The number of anilines is 2. The predicted molar refractivity (Wildman–Crippen MR) is 119 cm³/mol. The number of amides is 1. The second-order valence-corrected chi connectivity index (χ2v) is 8.12. The third kappa shape index (κ3) is 4.24. The van der Waals surface area contributed by atoms with Gasteiger partial charge in [0.2, 0.25) is 11.9 Å². The number of aromatic nitrogens is 4. The molecule has 164 valence electrons. The van der Waals surface area contributed by atoms with Gasteiger partial charge >= 0.3 is 0 Å². The van der Waals surface area contributed by atoms with Crippen molar-refractivity contribution in [3.05, 3.63) is 64.8 Å². The number of benzene rings is 1. The van der Waals surface area contributed by atoms with Gasteiger partial charge in [-0.3, -0.25) is 14.2 Å². The summed E-state index contributed by atoms with van der Waals surface area (Å²) >= 11 is 0. The molecule has 3 aromatic rings. The van der Waals surface area contributed by atoms with Crippen molar-refractivity contribution in [3.8, 4) is 11.4 Å². The van der Waals surface area contributed by atoms with Gasteiger partial charge < -0.3 is 15.0 Å². The highest BCUT2D eigenvalue weighted by molar-refractivity contribution is 5.94. The number of hydrogen-bond donors (Lipinski definition) is 1. The number of carbonyl (C=O) groups excluding carboxylic acids is 1. The van der Waals surface area contributed by atoms with Crippen LogP contribution in [0.5, 0.6) is 0 Å². The van der Waals surface area contributed by atoms with Crippen LogP contribution in [0.4, 0.5) is 11.6 Å². The summed E-state index contributed by atoms with van der Waals surface area (Å²) in [5.74, 6) is 0.836. The van der Waals surface area contributed by atoms with Crippen LogP contribution in [-0.2, 0) is 16.6 Å². The Labute approximate surface area is 185 Å². The molecule has 1 aliphatic heterocycles. The van der Waals surface area contributed by atoms with E-state index in [4.69, 9.17) is 9.72 Å². The molecule has 0 radical (unpaired) electrons. The first-order chi connectivity index (χ1) is 15.6. The molecular weight excluding hydrogens is 408 g/mol. The summed E-state index contributed by atoms with van der Waals surface area (Å²) in [7, 11) is 1.72. The number of carbonyl (C=O) groups is 1. The monoisotopic (exact) mass is 432 g/mol. The molecule has 2 aromatic heterocycles. The first-order valence-corrected chi connectivity index (χ1v) is 10.7. The Bertz CT molecular complexity index is 1170. The van der Waals surface area contributed by atoms with Crippen LogP contribution in [0.25, 0.3) is 11.4 Å². The molecule has 1 unspecified atom stereocenters. The van der Waals surface area contributed by atoms with E-state index in [1.807, 2.05) is 24.3 Å². The molecule has 5 rings (SSSR count). The molecule has 2 aliphatic rings. The van der Waals surface area contributed by atoms with Gasteiger partial charge in [-0.2, -0.15) is 0 Å². The summed E-state index contributed by atoms with van der Waals surface area (Å²) in [6.45, 7) is 1.69. The molecule has 2 fully saturated rings. The lowest BCUT2D eigenvalue weighted by Crippen LogP contribution is -2.41. The average Bonchev–Trinajstić information content (AvgIpc) is 3.68. The van der Waals surface area contributed by atoms with Crippen molar-refractivity contribution in [2.75, 3.05) is 29.9 Å². The van der Waals surface area contributed by atoms with Crippen molar-refractivity contribution in [2.24, 2.45) is 13.0 Å². The van der Waals surface area contributed by atoms with Crippen LogP contribution in [0, 0.1) is 5.92 Å². The highest BCUT2D eigenvalue weighted by Crippen LogP contribution is 2.31. The summed E-state index contributed by atoms with van der Waals surface area (Å²) in [6.07, 6.45) is 4.85. The zero-order chi connectivity index (χ0) is 22.1. The maximum absolute atomic E-state index is 12.6. The van der Waals surface area contributed by atoms with E-state index in [1.54, 1.807) is 23.9 Å². The van der Waals surface area contributed by atoms with Crippen LogP contribution in [0.2, 0.25) is 0 Å². The molecule has 1 aromatic carbocycles. The summed E-state index contributed by atoms with van der Waals surface area (Å²) in [5, 5.41) is 2.96. The molecule has 1 saturated carbocycles. The van der Waals surface area contributed by atoms with Gasteiger partial charge in [0.05, 0.1) is 24.5 Å². The van der Waals surface area contributed by atoms with Gasteiger partial charge in [-0.1, -0.05) is 12.1 Å². The van der Waals surface area contributed by atoms with Gasteiger partial charge in [-0.05, 0) is 36.6 Å². The Hall–Kier alpha value is -3.59. The summed E-state index contributed by atoms with van der Waals surface area (Å²) < 4.78 is 7.55. The number of morpholine rings is 1. The molecule has 3 heterocycles. The van der Waals surface area contributed by atoms with Crippen molar-refractivity contribution in [1.29, 1.82) is 0 Å². The van der Waals surface area contributed by atoms with Crippen molar-refractivity contribution < 1.29 is 9.53 Å². The first kappa shape index (κ1) is 20.3. The fourth-order valence-electron chi connectivity index (χ4n) is 3.79. The van der Waals surface area contributed by atoms with Gasteiger partial charge in [0, 0.05) is 37.5 Å². The molecule has 1 N–H and O–H groups in total. The van der Waals surface area contributed by atoms with Gasteiger partial charge in [0.25, 0.3) is 5.56 Å². The third-order valence-electron chi connectivity index (χ3n) is 5.80. The molecule has 32 heavy (non-hydrogen) atoms. The van der Waals surface area contributed by atoms with E-state index in [1.165, 1.54) is 12.4 Å². The van der Waals surface area contributed by atoms with Crippen LogP contribution < -0.4 is 15.8 Å². The van der Waals surface area contributed by atoms with Crippen LogP contribution >= 0.6 is 0 Å². The van der Waals surface area contributed by atoms with E-state index >= 15 is 0 Å². The summed E-state index contributed by atoms with van der Waals surface area (Å²) in [5.41, 5.74) is 2.77. The van der Waals surface area contributed by atoms with Crippen LogP contribution in [0.1, 0.15) is 24.5 Å². The Morgan fingerprint density at radius 2 is 1.97 bits per heavy atom. The largest absolute Gasteiger partial charge is 0.370 e. The standard InChI is InChI=1S/C23H24N6O3/c1-28-21(30)12-19(18-8-9-24-14-25-18)27-23(28)29-10-11-32-20(13-29)15-4-6-17(7-5-15)26-22(31)16-2-3-16/h4-9,12,14,16,20H,2-3,10-11,13H2,1H3,(H,26,31). The van der Waals surface area contributed by atoms with E-state index in [0.29, 0.717) is 37.0 Å². The van der Waals surface area contributed by atoms with E-state index in [9.17, 15) is 9.59 Å². The van der Waals surface area contributed by atoms with Gasteiger partial charge in [0.1, 0.15) is 12.4 Å². The minimum Gasteiger partial charge on any atom is -0.370 e. The molecule has 0 spiro atoms. The fraction of sp³-hybridized carbons (Fsp3) is 0.348. The van der Waals surface area contributed by atoms with Gasteiger partial charge in [-0.15, -0.1) is 0 Å². The minimum atomic E-state index is -0.170. The number of hydrogen-bond acceptors (Lipinski definition) is 7. The Morgan fingerprint density at radius 3 is 2.69 bits per heavy atom. The maximum Gasteiger partial charge on any atom is 0.255 e. The third-order valence-corrected chi connectivity index (χ3v) is 5.80. The molecule has 1 aliphatic carbocycles. The van der Waals surface area contributed by atoms with Crippen molar-refractivity contribution >= 4 is 17.5 Å².